The third kappa shape index (κ3) is 3.72. The number of benzene rings is 2. The number of phenolic OH excluding ortho intramolecular Hbond substituents is 2. The molecule has 3 N–H and O–H groups in total. The summed E-state index contributed by atoms with van der Waals surface area (Å²) in [5, 5.41) is 19.6. The lowest BCUT2D eigenvalue weighted by molar-refractivity contribution is 0.472. The van der Waals surface area contributed by atoms with Gasteiger partial charge in [0.1, 0.15) is 17.2 Å². The number of aliphatic imine (C=N–C) groups is 1. The summed E-state index contributed by atoms with van der Waals surface area (Å²) >= 11 is 5.78. The zero-order chi connectivity index (χ0) is 15.6. The van der Waals surface area contributed by atoms with Crippen molar-refractivity contribution in [1.82, 2.24) is 0 Å². The molecule has 0 bridgehead atoms. The molecule has 8 heteroatoms. The van der Waals surface area contributed by atoms with Crippen molar-refractivity contribution in [1.29, 1.82) is 0 Å². The summed E-state index contributed by atoms with van der Waals surface area (Å²) in [4.78, 5) is 3.48. The summed E-state index contributed by atoms with van der Waals surface area (Å²) in [5.74, 6) is -0.353. The number of aromatic hydroxyl groups is 2. The second-order valence-electron chi connectivity index (χ2n) is 4.09. The van der Waals surface area contributed by atoms with Crippen molar-refractivity contribution in [2.75, 3.05) is 0 Å². The van der Waals surface area contributed by atoms with Gasteiger partial charge in [0.05, 0.1) is 4.90 Å². The van der Waals surface area contributed by atoms with E-state index in [1.54, 1.807) is 0 Å². The monoisotopic (exact) mass is 327 g/mol. The molecule has 2 rings (SSSR count). The Morgan fingerprint density at radius 1 is 1.05 bits per heavy atom. The van der Waals surface area contributed by atoms with Crippen molar-refractivity contribution in [3.63, 3.8) is 0 Å². The molecule has 0 heterocycles. The van der Waals surface area contributed by atoms with Crippen LogP contribution < -0.4 is 0 Å². The Hall–Kier alpha value is -2.09. The molecule has 6 nitrogen and oxygen atoms in total. The first-order valence-electron chi connectivity index (χ1n) is 5.60. The standard InChI is InChI=1S/C13H10ClNO5S/c14-9-1-3-12(16)8(5-9)7-15-11-6-10(21(18,19)20)2-4-13(11)17/h1-7,16-17H,(H,18,19,20). The maximum Gasteiger partial charge on any atom is 0.294 e. The summed E-state index contributed by atoms with van der Waals surface area (Å²) in [5.41, 5.74) is 0.212. The molecule has 0 aliphatic heterocycles. The predicted octanol–water partition coefficient (Wildman–Crippen LogP) is 2.75. The van der Waals surface area contributed by atoms with E-state index in [0.717, 1.165) is 18.2 Å². The number of hydrogen-bond acceptors (Lipinski definition) is 5. The first kappa shape index (κ1) is 15.3. The Bertz CT molecular complexity index is 817. The van der Waals surface area contributed by atoms with Crippen LogP contribution in [0.3, 0.4) is 0 Å². The van der Waals surface area contributed by atoms with E-state index < -0.39 is 15.0 Å². The Labute approximate surface area is 125 Å². The molecule has 0 atom stereocenters. The number of hydrogen-bond donors (Lipinski definition) is 3. The van der Waals surface area contributed by atoms with Crippen LogP contribution in [-0.2, 0) is 10.1 Å². The van der Waals surface area contributed by atoms with Gasteiger partial charge in [0.2, 0.25) is 0 Å². The molecule has 2 aromatic rings. The molecule has 110 valence electrons. The molecule has 0 saturated carbocycles. The lowest BCUT2D eigenvalue weighted by Crippen LogP contribution is -1.97. The second kappa shape index (κ2) is 5.72. The van der Waals surface area contributed by atoms with Gasteiger partial charge in [-0.25, -0.2) is 0 Å². The average Bonchev–Trinajstić information content (AvgIpc) is 2.40. The van der Waals surface area contributed by atoms with Gasteiger partial charge in [-0.3, -0.25) is 9.55 Å². The zero-order valence-corrected chi connectivity index (χ0v) is 12.0. The normalized spacial score (nSPS) is 11.9. The molecule has 0 spiro atoms. The van der Waals surface area contributed by atoms with Gasteiger partial charge in [0, 0.05) is 16.8 Å². The molecule has 21 heavy (non-hydrogen) atoms. The summed E-state index contributed by atoms with van der Waals surface area (Å²) in [6.45, 7) is 0. The Morgan fingerprint density at radius 3 is 2.38 bits per heavy atom. The minimum absolute atomic E-state index is 0.0754. The van der Waals surface area contributed by atoms with Crippen molar-refractivity contribution >= 4 is 33.6 Å². The van der Waals surface area contributed by atoms with E-state index in [2.05, 4.69) is 4.99 Å². The molecule has 0 aliphatic carbocycles. The van der Waals surface area contributed by atoms with Crippen LogP contribution in [0, 0.1) is 0 Å². The fourth-order valence-corrected chi connectivity index (χ4v) is 2.22. The van der Waals surface area contributed by atoms with Gasteiger partial charge in [-0.05, 0) is 36.4 Å². The van der Waals surface area contributed by atoms with Crippen LogP contribution in [0.1, 0.15) is 5.56 Å². The number of phenols is 2. The van der Waals surface area contributed by atoms with E-state index in [9.17, 15) is 18.6 Å². The Balaban J connectivity index is 2.43. The van der Waals surface area contributed by atoms with Crippen molar-refractivity contribution in [2.45, 2.75) is 4.90 Å². The van der Waals surface area contributed by atoms with Crippen molar-refractivity contribution in [3.05, 3.63) is 47.0 Å². The van der Waals surface area contributed by atoms with Crippen molar-refractivity contribution < 1.29 is 23.2 Å². The van der Waals surface area contributed by atoms with Gasteiger partial charge in [-0.1, -0.05) is 11.6 Å². The molecule has 0 amide bonds. The van der Waals surface area contributed by atoms with E-state index in [1.807, 2.05) is 0 Å². The maximum atomic E-state index is 11.0. The minimum atomic E-state index is -4.40. The molecule has 2 aromatic carbocycles. The average molecular weight is 328 g/mol. The summed E-state index contributed by atoms with van der Waals surface area (Å²) in [7, 11) is -4.40. The largest absolute Gasteiger partial charge is 0.507 e. The van der Waals surface area contributed by atoms with Crippen LogP contribution in [0.2, 0.25) is 5.02 Å². The number of halogens is 1. The van der Waals surface area contributed by atoms with E-state index in [0.29, 0.717) is 10.6 Å². The van der Waals surface area contributed by atoms with Gasteiger partial charge in [0.25, 0.3) is 10.1 Å². The highest BCUT2D eigenvalue weighted by Gasteiger charge is 2.12. The second-order valence-corrected chi connectivity index (χ2v) is 5.94. The molecule has 0 fully saturated rings. The smallest absolute Gasteiger partial charge is 0.294 e. The highest BCUT2D eigenvalue weighted by molar-refractivity contribution is 7.85. The van der Waals surface area contributed by atoms with Gasteiger partial charge in [0.15, 0.2) is 0 Å². The van der Waals surface area contributed by atoms with E-state index in [1.165, 1.54) is 24.4 Å². The lowest BCUT2D eigenvalue weighted by Gasteiger charge is -2.03. The van der Waals surface area contributed by atoms with Gasteiger partial charge < -0.3 is 10.2 Å². The first-order chi connectivity index (χ1) is 9.77. The zero-order valence-electron chi connectivity index (χ0n) is 10.4. The molecule has 0 unspecified atom stereocenters. The first-order valence-corrected chi connectivity index (χ1v) is 7.42. The van der Waals surface area contributed by atoms with E-state index >= 15 is 0 Å². The molecular weight excluding hydrogens is 318 g/mol. The van der Waals surface area contributed by atoms with Crippen LogP contribution in [0.15, 0.2) is 46.3 Å². The summed E-state index contributed by atoms with van der Waals surface area (Å²) in [6.07, 6.45) is 1.21. The van der Waals surface area contributed by atoms with Crippen LogP contribution in [0.25, 0.3) is 0 Å². The minimum Gasteiger partial charge on any atom is -0.507 e. The van der Waals surface area contributed by atoms with Gasteiger partial charge in [-0.15, -0.1) is 0 Å². The molecular formula is C13H10ClNO5S. The highest BCUT2D eigenvalue weighted by atomic mass is 35.5. The Morgan fingerprint density at radius 2 is 1.71 bits per heavy atom. The van der Waals surface area contributed by atoms with E-state index in [4.69, 9.17) is 16.2 Å². The Kier molecular flexibility index (Phi) is 4.17. The molecule has 0 radical (unpaired) electrons. The topological polar surface area (TPSA) is 107 Å². The number of rotatable bonds is 3. The third-order valence-corrected chi connectivity index (χ3v) is 3.66. The fraction of sp³-hybridized carbons (Fsp3) is 0. The van der Waals surface area contributed by atoms with Gasteiger partial charge in [-0.2, -0.15) is 8.42 Å². The van der Waals surface area contributed by atoms with Crippen LogP contribution in [0.5, 0.6) is 11.5 Å². The third-order valence-electron chi connectivity index (χ3n) is 2.58. The fourth-order valence-electron chi connectivity index (χ4n) is 1.53. The SMILES string of the molecule is O=S(=O)(O)c1ccc(O)c(N=Cc2cc(Cl)ccc2O)c1. The predicted molar refractivity (Wildman–Crippen MR) is 78.3 cm³/mol. The van der Waals surface area contributed by atoms with Crippen LogP contribution in [0.4, 0.5) is 5.69 Å². The number of nitrogens with zero attached hydrogens (tertiary/aromatic N) is 1. The van der Waals surface area contributed by atoms with Crippen molar-refractivity contribution in [3.8, 4) is 11.5 Å². The lowest BCUT2D eigenvalue weighted by atomic mass is 10.2. The van der Waals surface area contributed by atoms with Crippen LogP contribution in [-0.4, -0.2) is 29.4 Å². The van der Waals surface area contributed by atoms with Gasteiger partial charge >= 0.3 is 0 Å². The summed E-state index contributed by atoms with van der Waals surface area (Å²) < 4.78 is 31.0. The quantitative estimate of drug-likeness (QED) is 0.593. The maximum absolute atomic E-state index is 11.0. The highest BCUT2D eigenvalue weighted by Crippen LogP contribution is 2.29. The summed E-state index contributed by atoms with van der Waals surface area (Å²) in [6, 6.07) is 7.45. The van der Waals surface area contributed by atoms with E-state index in [-0.39, 0.29) is 17.2 Å². The molecule has 0 saturated heterocycles. The van der Waals surface area contributed by atoms with Crippen molar-refractivity contribution in [2.24, 2.45) is 4.99 Å². The molecule has 0 aliphatic rings. The van der Waals surface area contributed by atoms with Crippen LogP contribution >= 0.6 is 11.6 Å². The molecule has 0 aromatic heterocycles.